The molecule has 1 aromatic rings. The third-order valence-corrected chi connectivity index (χ3v) is 3.93. The van der Waals surface area contributed by atoms with Gasteiger partial charge in [-0.15, -0.1) is 0 Å². The number of hydrogen-bond donors (Lipinski definition) is 2. The molecule has 1 aliphatic rings. The van der Waals surface area contributed by atoms with Crippen molar-refractivity contribution < 1.29 is 5.11 Å². The van der Waals surface area contributed by atoms with E-state index in [1.54, 1.807) is 12.1 Å². The number of hydrogen-bond acceptors (Lipinski definition) is 3. The first-order valence-electron chi connectivity index (χ1n) is 6.02. The number of rotatable bonds is 3. The molecule has 1 heterocycles. The fourth-order valence-corrected chi connectivity index (χ4v) is 2.74. The SMILES string of the molecule is CC1CC(CN)CN1Cc1c(O)cccc1Cl. The Morgan fingerprint density at radius 1 is 1.53 bits per heavy atom. The summed E-state index contributed by atoms with van der Waals surface area (Å²) < 4.78 is 0. The molecule has 0 aliphatic carbocycles. The van der Waals surface area contributed by atoms with Crippen molar-refractivity contribution >= 4 is 11.6 Å². The van der Waals surface area contributed by atoms with Crippen LogP contribution in [0.2, 0.25) is 5.02 Å². The summed E-state index contributed by atoms with van der Waals surface area (Å²) in [6.45, 7) is 4.62. The van der Waals surface area contributed by atoms with Crippen LogP contribution in [-0.4, -0.2) is 29.1 Å². The van der Waals surface area contributed by atoms with Crippen molar-refractivity contribution in [3.8, 4) is 5.75 Å². The third kappa shape index (κ3) is 2.73. The monoisotopic (exact) mass is 254 g/mol. The second kappa shape index (κ2) is 5.25. The van der Waals surface area contributed by atoms with E-state index in [0.717, 1.165) is 25.1 Å². The zero-order valence-electron chi connectivity index (χ0n) is 10.1. The Labute approximate surface area is 107 Å². The van der Waals surface area contributed by atoms with Gasteiger partial charge in [-0.3, -0.25) is 4.90 Å². The molecule has 3 nitrogen and oxygen atoms in total. The van der Waals surface area contributed by atoms with Gasteiger partial charge >= 0.3 is 0 Å². The van der Waals surface area contributed by atoms with Gasteiger partial charge in [-0.05, 0) is 37.9 Å². The number of phenolic OH excluding ortho intramolecular Hbond substituents is 1. The number of nitrogens with zero attached hydrogens (tertiary/aromatic N) is 1. The Morgan fingerprint density at radius 2 is 2.29 bits per heavy atom. The van der Waals surface area contributed by atoms with Gasteiger partial charge < -0.3 is 10.8 Å². The Hall–Kier alpha value is -0.770. The van der Waals surface area contributed by atoms with E-state index in [1.165, 1.54) is 0 Å². The fourth-order valence-electron chi connectivity index (χ4n) is 2.52. The standard InChI is InChI=1S/C13H19ClN2O/c1-9-5-10(6-15)7-16(9)8-11-12(14)3-2-4-13(11)17/h2-4,9-10,17H,5-8,15H2,1H3. The lowest BCUT2D eigenvalue weighted by Gasteiger charge is -2.22. The number of benzene rings is 1. The first-order chi connectivity index (χ1) is 8.11. The van der Waals surface area contributed by atoms with Gasteiger partial charge in [0.25, 0.3) is 0 Å². The van der Waals surface area contributed by atoms with Gasteiger partial charge in [-0.2, -0.15) is 0 Å². The van der Waals surface area contributed by atoms with Gasteiger partial charge in [-0.1, -0.05) is 17.7 Å². The fraction of sp³-hybridized carbons (Fsp3) is 0.538. The molecule has 2 unspecified atom stereocenters. The van der Waals surface area contributed by atoms with Gasteiger partial charge in [0, 0.05) is 29.7 Å². The molecule has 0 spiro atoms. The van der Waals surface area contributed by atoms with Crippen LogP contribution < -0.4 is 5.73 Å². The highest BCUT2D eigenvalue weighted by molar-refractivity contribution is 6.31. The van der Waals surface area contributed by atoms with Crippen molar-refractivity contribution in [1.29, 1.82) is 0 Å². The predicted molar refractivity (Wildman–Crippen MR) is 70.2 cm³/mol. The summed E-state index contributed by atoms with van der Waals surface area (Å²) in [6.07, 6.45) is 1.13. The summed E-state index contributed by atoms with van der Waals surface area (Å²) in [5.74, 6) is 0.843. The average molecular weight is 255 g/mol. The minimum Gasteiger partial charge on any atom is -0.508 e. The third-order valence-electron chi connectivity index (χ3n) is 3.58. The lowest BCUT2D eigenvalue weighted by Crippen LogP contribution is -2.27. The smallest absolute Gasteiger partial charge is 0.121 e. The van der Waals surface area contributed by atoms with Crippen molar-refractivity contribution in [2.75, 3.05) is 13.1 Å². The lowest BCUT2D eigenvalue weighted by molar-refractivity contribution is 0.252. The van der Waals surface area contributed by atoms with E-state index in [4.69, 9.17) is 17.3 Å². The van der Waals surface area contributed by atoms with Gasteiger partial charge in [0.05, 0.1) is 0 Å². The molecule has 0 bridgehead atoms. The number of likely N-dealkylation sites (tertiary alicyclic amines) is 1. The Morgan fingerprint density at radius 3 is 2.88 bits per heavy atom. The van der Waals surface area contributed by atoms with Gasteiger partial charge in [0.1, 0.15) is 5.75 Å². The summed E-state index contributed by atoms with van der Waals surface area (Å²) in [5.41, 5.74) is 6.53. The van der Waals surface area contributed by atoms with Gasteiger partial charge in [-0.25, -0.2) is 0 Å². The summed E-state index contributed by atoms with van der Waals surface area (Å²) in [7, 11) is 0. The molecule has 2 rings (SSSR count). The first kappa shape index (κ1) is 12.7. The van der Waals surface area contributed by atoms with Crippen LogP contribution in [0.4, 0.5) is 0 Å². The molecular formula is C13H19ClN2O. The van der Waals surface area contributed by atoms with Gasteiger partial charge in [0.2, 0.25) is 0 Å². The minimum atomic E-state index is 0.279. The van der Waals surface area contributed by atoms with E-state index < -0.39 is 0 Å². The van der Waals surface area contributed by atoms with E-state index in [2.05, 4.69) is 11.8 Å². The molecule has 1 saturated heterocycles. The molecule has 17 heavy (non-hydrogen) atoms. The highest BCUT2D eigenvalue weighted by Crippen LogP contribution is 2.30. The molecule has 1 aromatic carbocycles. The number of nitrogens with two attached hydrogens (primary N) is 1. The maximum absolute atomic E-state index is 9.83. The van der Waals surface area contributed by atoms with Crippen LogP contribution in [0.25, 0.3) is 0 Å². The zero-order chi connectivity index (χ0) is 12.4. The lowest BCUT2D eigenvalue weighted by atomic mass is 10.1. The van der Waals surface area contributed by atoms with Crippen LogP contribution >= 0.6 is 11.6 Å². The molecule has 0 saturated carbocycles. The summed E-state index contributed by atoms with van der Waals surface area (Å²) >= 11 is 6.11. The molecule has 4 heteroatoms. The molecule has 1 aliphatic heterocycles. The van der Waals surface area contributed by atoms with Crippen molar-refractivity contribution in [2.24, 2.45) is 11.7 Å². The maximum Gasteiger partial charge on any atom is 0.121 e. The quantitative estimate of drug-likeness (QED) is 0.870. The normalized spacial score (nSPS) is 25.4. The van der Waals surface area contributed by atoms with Crippen molar-refractivity contribution in [1.82, 2.24) is 4.90 Å². The van der Waals surface area contributed by atoms with Crippen molar-refractivity contribution in [3.63, 3.8) is 0 Å². The molecule has 94 valence electrons. The summed E-state index contributed by atoms with van der Waals surface area (Å²) in [6, 6.07) is 5.76. The molecule has 1 fully saturated rings. The number of phenols is 1. The molecular weight excluding hydrogens is 236 g/mol. The minimum absolute atomic E-state index is 0.279. The Bertz CT molecular complexity index is 377. The first-order valence-corrected chi connectivity index (χ1v) is 6.40. The zero-order valence-corrected chi connectivity index (χ0v) is 10.8. The van der Waals surface area contributed by atoms with Crippen LogP contribution in [0.1, 0.15) is 18.9 Å². The van der Waals surface area contributed by atoms with Crippen LogP contribution in [0.3, 0.4) is 0 Å². The van der Waals surface area contributed by atoms with E-state index in [1.807, 2.05) is 6.07 Å². The average Bonchev–Trinajstić information content (AvgIpc) is 2.65. The molecule has 0 aromatic heterocycles. The summed E-state index contributed by atoms with van der Waals surface area (Å²) in [5, 5.41) is 10.5. The summed E-state index contributed by atoms with van der Waals surface area (Å²) in [4.78, 5) is 2.33. The number of aromatic hydroxyl groups is 1. The second-order valence-corrected chi connectivity index (χ2v) is 5.26. The highest BCUT2D eigenvalue weighted by Gasteiger charge is 2.28. The van der Waals surface area contributed by atoms with Gasteiger partial charge in [0.15, 0.2) is 0 Å². The van der Waals surface area contributed by atoms with Crippen molar-refractivity contribution in [3.05, 3.63) is 28.8 Å². The van der Waals surface area contributed by atoms with Crippen LogP contribution in [0, 0.1) is 5.92 Å². The predicted octanol–water partition coefficient (Wildman–Crippen LogP) is 2.21. The molecule has 3 N–H and O–H groups in total. The Balaban J connectivity index is 2.11. The maximum atomic E-state index is 9.83. The van der Waals surface area contributed by atoms with E-state index in [9.17, 15) is 5.11 Å². The van der Waals surface area contributed by atoms with E-state index in [0.29, 0.717) is 23.5 Å². The van der Waals surface area contributed by atoms with E-state index >= 15 is 0 Å². The largest absolute Gasteiger partial charge is 0.508 e. The Kier molecular flexibility index (Phi) is 3.92. The van der Waals surface area contributed by atoms with Crippen LogP contribution in [-0.2, 0) is 6.54 Å². The van der Waals surface area contributed by atoms with Crippen LogP contribution in [0.5, 0.6) is 5.75 Å². The molecule has 2 atom stereocenters. The topological polar surface area (TPSA) is 49.5 Å². The second-order valence-electron chi connectivity index (χ2n) is 4.85. The van der Waals surface area contributed by atoms with Crippen molar-refractivity contribution in [2.45, 2.75) is 25.9 Å². The van der Waals surface area contributed by atoms with E-state index in [-0.39, 0.29) is 5.75 Å². The van der Waals surface area contributed by atoms with Crippen LogP contribution in [0.15, 0.2) is 18.2 Å². The number of halogens is 1. The molecule has 0 amide bonds. The molecule has 0 radical (unpaired) electrons. The highest BCUT2D eigenvalue weighted by atomic mass is 35.5.